The van der Waals surface area contributed by atoms with E-state index in [-0.39, 0.29) is 35.7 Å². The summed E-state index contributed by atoms with van der Waals surface area (Å²) in [5.41, 5.74) is 1.27. The molecular weight excluding hydrogens is 419 g/mol. The second kappa shape index (κ2) is 10.3. The second-order valence-corrected chi connectivity index (χ2v) is 8.42. The van der Waals surface area contributed by atoms with Crippen LogP contribution in [0, 0.1) is 11.7 Å². The molecule has 1 aliphatic heterocycles. The SMILES string of the molecule is CC(C)CNC(=O)CN1C(=O)S/C(=C\c2ccccc2OCc2cccc(F)c2)C1=O. The summed E-state index contributed by atoms with van der Waals surface area (Å²) < 4.78 is 19.2. The quantitative estimate of drug-likeness (QED) is 0.620. The van der Waals surface area contributed by atoms with Gasteiger partial charge in [-0.05, 0) is 47.5 Å². The molecule has 0 atom stereocenters. The Balaban J connectivity index is 1.71. The van der Waals surface area contributed by atoms with Gasteiger partial charge in [-0.3, -0.25) is 19.3 Å². The van der Waals surface area contributed by atoms with Gasteiger partial charge in [-0.2, -0.15) is 0 Å². The van der Waals surface area contributed by atoms with Gasteiger partial charge in [0.25, 0.3) is 11.1 Å². The zero-order chi connectivity index (χ0) is 22.4. The van der Waals surface area contributed by atoms with Crippen LogP contribution >= 0.6 is 11.8 Å². The number of rotatable bonds is 8. The van der Waals surface area contributed by atoms with Crippen molar-refractivity contribution in [1.82, 2.24) is 10.2 Å². The zero-order valence-corrected chi connectivity index (χ0v) is 18.1. The average molecular weight is 443 g/mol. The molecule has 1 fully saturated rings. The largest absolute Gasteiger partial charge is 0.488 e. The first-order valence-electron chi connectivity index (χ1n) is 9.82. The molecule has 31 heavy (non-hydrogen) atoms. The third kappa shape index (κ3) is 6.18. The van der Waals surface area contributed by atoms with E-state index in [1.54, 1.807) is 42.5 Å². The Bertz CT molecular complexity index is 1020. The number of nitrogens with one attached hydrogen (secondary N) is 1. The number of benzene rings is 2. The number of imide groups is 1. The fraction of sp³-hybridized carbons (Fsp3) is 0.261. The van der Waals surface area contributed by atoms with E-state index in [2.05, 4.69) is 5.32 Å². The molecule has 0 bridgehead atoms. The molecule has 0 aliphatic carbocycles. The van der Waals surface area contributed by atoms with E-state index in [0.29, 0.717) is 23.4 Å². The predicted molar refractivity (Wildman–Crippen MR) is 118 cm³/mol. The van der Waals surface area contributed by atoms with Gasteiger partial charge in [0.05, 0.1) is 4.91 Å². The van der Waals surface area contributed by atoms with Crippen LogP contribution < -0.4 is 10.1 Å². The summed E-state index contributed by atoms with van der Waals surface area (Å²) >= 11 is 0.782. The molecule has 0 saturated carbocycles. The lowest BCUT2D eigenvalue weighted by molar-refractivity contribution is -0.129. The topological polar surface area (TPSA) is 75.7 Å². The lowest BCUT2D eigenvalue weighted by atomic mass is 10.1. The highest BCUT2D eigenvalue weighted by atomic mass is 32.2. The number of carbonyl (C=O) groups is 3. The zero-order valence-electron chi connectivity index (χ0n) is 17.3. The van der Waals surface area contributed by atoms with Crippen molar-refractivity contribution in [1.29, 1.82) is 0 Å². The molecule has 0 aromatic heterocycles. The maximum absolute atomic E-state index is 13.4. The molecule has 0 unspecified atom stereocenters. The van der Waals surface area contributed by atoms with Gasteiger partial charge in [0.15, 0.2) is 0 Å². The summed E-state index contributed by atoms with van der Waals surface area (Å²) in [5.74, 6) is -0.484. The lowest BCUT2D eigenvalue weighted by Crippen LogP contribution is -2.40. The number of hydrogen-bond donors (Lipinski definition) is 1. The summed E-state index contributed by atoms with van der Waals surface area (Å²) in [6.07, 6.45) is 1.57. The van der Waals surface area contributed by atoms with Crippen molar-refractivity contribution < 1.29 is 23.5 Å². The molecule has 1 N–H and O–H groups in total. The molecule has 1 heterocycles. The van der Waals surface area contributed by atoms with Gasteiger partial charge in [0.1, 0.15) is 24.7 Å². The minimum atomic E-state index is -0.519. The maximum Gasteiger partial charge on any atom is 0.294 e. The van der Waals surface area contributed by atoms with Crippen LogP contribution in [0.1, 0.15) is 25.0 Å². The molecule has 0 spiro atoms. The first-order chi connectivity index (χ1) is 14.8. The van der Waals surface area contributed by atoms with Gasteiger partial charge in [-0.25, -0.2) is 4.39 Å². The predicted octanol–water partition coefficient (Wildman–Crippen LogP) is 4.21. The van der Waals surface area contributed by atoms with E-state index in [9.17, 15) is 18.8 Å². The molecule has 2 aromatic carbocycles. The van der Waals surface area contributed by atoms with Crippen molar-refractivity contribution in [2.24, 2.45) is 5.92 Å². The molecule has 6 nitrogen and oxygen atoms in total. The minimum absolute atomic E-state index is 0.153. The van der Waals surface area contributed by atoms with Crippen molar-refractivity contribution in [3.8, 4) is 5.75 Å². The fourth-order valence-corrected chi connectivity index (χ4v) is 3.64. The first kappa shape index (κ1) is 22.6. The third-order valence-corrected chi connectivity index (χ3v) is 5.28. The van der Waals surface area contributed by atoms with Crippen molar-refractivity contribution in [3.05, 3.63) is 70.4 Å². The van der Waals surface area contributed by atoms with Crippen molar-refractivity contribution in [2.45, 2.75) is 20.5 Å². The summed E-state index contributed by atoms with van der Waals surface area (Å²) in [6.45, 7) is 4.22. The highest BCUT2D eigenvalue weighted by Gasteiger charge is 2.36. The smallest absolute Gasteiger partial charge is 0.294 e. The van der Waals surface area contributed by atoms with Gasteiger partial charge < -0.3 is 10.1 Å². The highest BCUT2D eigenvalue weighted by Crippen LogP contribution is 2.34. The standard InChI is InChI=1S/C23H23FN2O4S/c1-15(2)12-25-21(27)13-26-22(28)20(31-23(26)29)11-17-7-3-4-9-19(17)30-14-16-6-5-8-18(24)10-16/h3-11,15H,12-14H2,1-2H3,(H,25,27)/b20-11-. The second-order valence-electron chi connectivity index (χ2n) is 7.42. The molecule has 1 aliphatic rings. The maximum atomic E-state index is 13.4. The monoisotopic (exact) mass is 442 g/mol. The van der Waals surface area contributed by atoms with E-state index in [1.165, 1.54) is 12.1 Å². The molecule has 8 heteroatoms. The van der Waals surface area contributed by atoms with Crippen LogP contribution in [-0.2, 0) is 16.2 Å². The molecule has 162 valence electrons. The first-order valence-corrected chi connectivity index (χ1v) is 10.6. The van der Waals surface area contributed by atoms with Crippen molar-refractivity contribution in [2.75, 3.05) is 13.1 Å². The Kier molecular flexibility index (Phi) is 7.46. The van der Waals surface area contributed by atoms with Crippen molar-refractivity contribution >= 4 is 34.9 Å². The van der Waals surface area contributed by atoms with Crippen LogP contribution in [0.2, 0.25) is 0 Å². The van der Waals surface area contributed by atoms with Crippen LogP contribution in [0.25, 0.3) is 6.08 Å². The van der Waals surface area contributed by atoms with E-state index < -0.39 is 11.1 Å². The number of para-hydroxylation sites is 1. The molecule has 0 radical (unpaired) electrons. The molecule has 1 saturated heterocycles. The van der Waals surface area contributed by atoms with E-state index in [4.69, 9.17) is 4.74 Å². The number of thioether (sulfide) groups is 1. The normalized spacial score (nSPS) is 15.1. The Labute approximate surface area is 184 Å². The fourth-order valence-electron chi connectivity index (χ4n) is 2.81. The Morgan fingerprint density at radius 3 is 2.71 bits per heavy atom. The third-order valence-electron chi connectivity index (χ3n) is 4.37. The Hall–Kier alpha value is -3.13. The number of carbonyl (C=O) groups excluding carboxylic acids is 3. The highest BCUT2D eigenvalue weighted by molar-refractivity contribution is 8.18. The lowest BCUT2D eigenvalue weighted by Gasteiger charge is -2.13. The molecule has 3 rings (SSSR count). The average Bonchev–Trinajstić information content (AvgIpc) is 2.99. The summed E-state index contributed by atoms with van der Waals surface area (Å²) in [5, 5.41) is 2.21. The Morgan fingerprint density at radius 2 is 1.97 bits per heavy atom. The summed E-state index contributed by atoms with van der Waals surface area (Å²) in [7, 11) is 0. The van der Waals surface area contributed by atoms with Crippen LogP contribution in [0.15, 0.2) is 53.4 Å². The summed E-state index contributed by atoms with van der Waals surface area (Å²) in [4.78, 5) is 38.1. The molecule has 2 aromatic rings. The van der Waals surface area contributed by atoms with Crippen LogP contribution in [0.5, 0.6) is 5.75 Å². The Morgan fingerprint density at radius 1 is 1.19 bits per heavy atom. The summed E-state index contributed by atoms with van der Waals surface area (Å²) in [6, 6.07) is 13.1. The molecule has 3 amide bonds. The number of hydrogen-bond acceptors (Lipinski definition) is 5. The van der Waals surface area contributed by atoms with Crippen molar-refractivity contribution in [3.63, 3.8) is 0 Å². The number of halogens is 1. The van der Waals surface area contributed by atoms with Gasteiger partial charge in [-0.1, -0.05) is 44.2 Å². The van der Waals surface area contributed by atoms with Crippen LogP contribution in [0.3, 0.4) is 0 Å². The van der Waals surface area contributed by atoms with Gasteiger partial charge >= 0.3 is 0 Å². The van der Waals surface area contributed by atoms with Gasteiger partial charge in [0.2, 0.25) is 5.91 Å². The van der Waals surface area contributed by atoms with E-state index in [0.717, 1.165) is 16.7 Å². The van der Waals surface area contributed by atoms with Crippen LogP contribution in [-0.4, -0.2) is 35.0 Å². The van der Waals surface area contributed by atoms with Gasteiger partial charge in [0, 0.05) is 12.1 Å². The number of amides is 3. The van der Waals surface area contributed by atoms with E-state index in [1.807, 2.05) is 13.8 Å². The van der Waals surface area contributed by atoms with E-state index >= 15 is 0 Å². The minimum Gasteiger partial charge on any atom is -0.488 e. The number of ether oxygens (including phenoxy) is 1. The van der Waals surface area contributed by atoms with Gasteiger partial charge in [-0.15, -0.1) is 0 Å². The molecular formula is C23H23FN2O4S. The number of nitrogens with zero attached hydrogens (tertiary/aromatic N) is 1. The van der Waals surface area contributed by atoms with Crippen LogP contribution in [0.4, 0.5) is 9.18 Å².